The van der Waals surface area contributed by atoms with Gasteiger partial charge in [-0.15, -0.1) is 0 Å². The fourth-order valence-corrected chi connectivity index (χ4v) is 5.02. The van der Waals surface area contributed by atoms with Gasteiger partial charge in [0.15, 0.2) is 0 Å². The third kappa shape index (κ3) is 5.54. The van der Waals surface area contributed by atoms with Gasteiger partial charge in [-0.2, -0.15) is 0 Å². The number of urea groups is 1. The Morgan fingerprint density at radius 1 is 1.18 bits per heavy atom. The molecule has 0 aromatic carbocycles. The molecule has 5 nitrogen and oxygen atoms in total. The van der Waals surface area contributed by atoms with Gasteiger partial charge in [0.05, 0.1) is 6.10 Å². The molecule has 0 radical (unpaired) electrons. The highest BCUT2D eigenvalue weighted by molar-refractivity contribution is 7.85. The summed E-state index contributed by atoms with van der Waals surface area (Å²) in [4.78, 5) is 12.0. The number of amides is 2. The summed E-state index contributed by atoms with van der Waals surface area (Å²) >= 11 is 0. The monoisotopic (exact) mass is 330 g/mol. The first-order valence-corrected chi connectivity index (χ1v) is 10.1. The molecule has 6 heteroatoms. The molecule has 0 heterocycles. The van der Waals surface area contributed by atoms with Crippen molar-refractivity contribution in [3.63, 3.8) is 0 Å². The standard InChI is InChI=1S/C16H30N2O3S/c1-2-22(21)15-8-4-6-13(10-15)18-16(20)17-11-12-5-3-7-14(19)9-12/h12-15,19H,2-11H2,1H3,(H2,17,18,20). The van der Waals surface area contributed by atoms with Crippen LogP contribution in [0.15, 0.2) is 0 Å². The summed E-state index contributed by atoms with van der Waals surface area (Å²) in [6, 6.07) is 0.0270. The maximum atomic E-state index is 12.0. The summed E-state index contributed by atoms with van der Waals surface area (Å²) < 4.78 is 11.9. The van der Waals surface area contributed by atoms with E-state index in [0.29, 0.717) is 18.2 Å². The Labute approximate surface area is 136 Å². The zero-order valence-electron chi connectivity index (χ0n) is 13.6. The summed E-state index contributed by atoms with van der Waals surface area (Å²) in [5.74, 6) is 1.09. The molecular formula is C16H30N2O3S. The number of carbonyl (C=O) groups excluding carboxylic acids is 1. The number of hydrogen-bond donors (Lipinski definition) is 3. The van der Waals surface area contributed by atoms with Gasteiger partial charge in [-0.3, -0.25) is 4.21 Å². The number of aliphatic hydroxyl groups is 1. The summed E-state index contributed by atoms with van der Waals surface area (Å²) in [5.41, 5.74) is 0. The maximum Gasteiger partial charge on any atom is 0.315 e. The van der Waals surface area contributed by atoms with E-state index in [1.807, 2.05) is 6.92 Å². The molecule has 5 atom stereocenters. The highest BCUT2D eigenvalue weighted by Gasteiger charge is 2.27. The molecule has 0 aromatic heterocycles. The predicted molar refractivity (Wildman–Crippen MR) is 89.2 cm³/mol. The van der Waals surface area contributed by atoms with Gasteiger partial charge in [0.2, 0.25) is 0 Å². The first-order chi connectivity index (χ1) is 10.6. The van der Waals surface area contributed by atoms with Gasteiger partial charge >= 0.3 is 6.03 Å². The molecule has 5 unspecified atom stereocenters. The third-order valence-corrected chi connectivity index (χ3v) is 6.66. The van der Waals surface area contributed by atoms with E-state index in [1.165, 1.54) is 0 Å². The van der Waals surface area contributed by atoms with Crippen molar-refractivity contribution in [2.24, 2.45) is 5.92 Å². The van der Waals surface area contributed by atoms with Gasteiger partial charge in [-0.05, 0) is 44.4 Å². The molecule has 2 saturated carbocycles. The summed E-state index contributed by atoms with van der Waals surface area (Å²) in [6.45, 7) is 2.60. The summed E-state index contributed by atoms with van der Waals surface area (Å²) in [5, 5.41) is 15.9. The van der Waals surface area contributed by atoms with E-state index in [0.717, 1.165) is 51.4 Å². The Bertz CT molecular complexity index is 392. The first-order valence-electron chi connectivity index (χ1n) is 8.68. The van der Waals surface area contributed by atoms with Crippen molar-refractivity contribution in [3.05, 3.63) is 0 Å². The van der Waals surface area contributed by atoms with Crippen molar-refractivity contribution < 1.29 is 14.1 Å². The van der Waals surface area contributed by atoms with Gasteiger partial charge in [-0.25, -0.2) is 4.79 Å². The molecule has 2 fully saturated rings. The van der Waals surface area contributed by atoms with Crippen LogP contribution in [0.25, 0.3) is 0 Å². The summed E-state index contributed by atoms with van der Waals surface area (Å²) in [7, 11) is -0.760. The van der Waals surface area contributed by atoms with Crippen LogP contribution in [0.5, 0.6) is 0 Å². The lowest BCUT2D eigenvalue weighted by Crippen LogP contribution is -2.47. The minimum absolute atomic E-state index is 0.118. The highest BCUT2D eigenvalue weighted by atomic mass is 32.2. The Morgan fingerprint density at radius 2 is 1.95 bits per heavy atom. The molecule has 22 heavy (non-hydrogen) atoms. The minimum atomic E-state index is -0.760. The van der Waals surface area contributed by atoms with Crippen LogP contribution >= 0.6 is 0 Å². The zero-order chi connectivity index (χ0) is 15.9. The van der Waals surface area contributed by atoms with Crippen LogP contribution in [0.1, 0.15) is 58.3 Å². The van der Waals surface area contributed by atoms with E-state index >= 15 is 0 Å². The Kier molecular flexibility index (Phi) is 7.15. The Balaban J connectivity index is 1.69. The fourth-order valence-electron chi connectivity index (χ4n) is 3.67. The van der Waals surface area contributed by atoms with Crippen molar-refractivity contribution in [2.45, 2.75) is 75.7 Å². The van der Waals surface area contributed by atoms with Crippen molar-refractivity contribution in [1.82, 2.24) is 10.6 Å². The molecule has 2 amide bonds. The number of aliphatic hydroxyl groups excluding tert-OH is 1. The van der Waals surface area contributed by atoms with Crippen LogP contribution in [0, 0.1) is 5.92 Å². The van der Waals surface area contributed by atoms with Crippen LogP contribution in [0.3, 0.4) is 0 Å². The number of nitrogens with one attached hydrogen (secondary N) is 2. The Hall–Kier alpha value is -0.620. The molecule has 2 aliphatic rings. The molecule has 0 spiro atoms. The first kappa shape index (κ1) is 17.7. The van der Waals surface area contributed by atoms with Crippen LogP contribution in [0.2, 0.25) is 0 Å². The molecular weight excluding hydrogens is 300 g/mol. The van der Waals surface area contributed by atoms with Crippen LogP contribution < -0.4 is 10.6 Å². The van der Waals surface area contributed by atoms with Crippen LogP contribution in [-0.4, -0.2) is 45.0 Å². The Morgan fingerprint density at radius 3 is 2.68 bits per heavy atom. The van der Waals surface area contributed by atoms with Crippen LogP contribution in [-0.2, 0) is 10.8 Å². The van der Waals surface area contributed by atoms with Crippen molar-refractivity contribution in [1.29, 1.82) is 0 Å². The average molecular weight is 330 g/mol. The second kappa shape index (κ2) is 8.87. The molecule has 128 valence electrons. The SMILES string of the molecule is CCS(=O)C1CCCC(NC(=O)NCC2CCCC(O)C2)C1. The quantitative estimate of drug-likeness (QED) is 0.720. The lowest BCUT2D eigenvalue weighted by molar-refractivity contribution is 0.101. The average Bonchev–Trinajstić information content (AvgIpc) is 2.52. The molecule has 0 bridgehead atoms. The van der Waals surface area contributed by atoms with E-state index in [9.17, 15) is 14.1 Å². The summed E-state index contributed by atoms with van der Waals surface area (Å²) in [6.07, 6.45) is 7.47. The molecule has 0 saturated heterocycles. The van der Waals surface area contributed by atoms with Gasteiger partial charge in [0, 0.05) is 34.4 Å². The molecule has 2 rings (SSSR count). The topological polar surface area (TPSA) is 78.4 Å². The number of carbonyl (C=O) groups is 1. The second-order valence-corrected chi connectivity index (χ2v) is 8.70. The van der Waals surface area contributed by atoms with Crippen LogP contribution in [0.4, 0.5) is 4.79 Å². The van der Waals surface area contributed by atoms with Gasteiger partial charge in [0.1, 0.15) is 0 Å². The van der Waals surface area contributed by atoms with Crippen molar-refractivity contribution in [3.8, 4) is 0 Å². The lowest BCUT2D eigenvalue weighted by atomic mass is 9.87. The lowest BCUT2D eigenvalue weighted by Gasteiger charge is -2.30. The number of rotatable bonds is 5. The van der Waals surface area contributed by atoms with E-state index in [-0.39, 0.29) is 23.4 Å². The zero-order valence-corrected chi connectivity index (χ0v) is 14.4. The molecule has 2 aliphatic carbocycles. The maximum absolute atomic E-state index is 12.0. The van der Waals surface area contributed by atoms with Gasteiger partial charge in [-0.1, -0.05) is 19.8 Å². The van der Waals surface area contributed by atoms with E-state index in [4.69, 9.17) is 0 Å². The van der Waals surface area contributed by atoms with Crippen molar-refractivity contribution >= 4 is 16.8 Å². The second-order valence-electron chi connectivity index (χ2n) is 6.70. The third-order valence-electron chi connectivity index (χ3n) is 4.92. The van der Waals surface area contributed by atoms with Gasteiger partial charge < -0.3 is 15.7 Å². The van der Waals surface area contributed by atoms with E-state index < -0.39 is 10.8 Å². The molecule has 0 aromatic rings. The van der Waals surface area contributed by atoms with Crippen molar-refractivity contribution in [2.75, 3.05) is 12.3 Å². The minimum Gasteiger partial charge on any atom is -0.393 e. The van der Waals surface area contributed by atoms with Gasteiger partial charge in [0.25, 0.3) is 0 Å². The van der Waals surface area contributed by atoms with E-state index in [2.05, 4.69) is 10.6 Å². The smallest absolute Gasteiger partial charge is 0.315 e. The largest absolute Gasteiger partial charge is 0.393 e. The fraction of sp³-hybridized carbons (Fsp3) is 0.938. The molecule has 0 aliphatic heterocycles. The highest BCUT2D eigenvalue weighted by Crippen LogP contribution is 2.24. The normalized spacial score (nSPS) is 33.9. The predicted octanol–water partition coefficient (Wildman–Crippen LogP) is 1.92. The van der Waals surface area contributed by atoms with E-state index in [1.54, 1.807) is 0 Å². The number of hydrogen-bond acceptors (Lipinski definition) is 3. The molecule has 3 N–H and O–H groups in total.